The lowest BCUT2D eigenvalue weighted by Crippen LogP contribution is -2.52. The Labute approximate surface area is 128 Å². The maximum atomic E-state index is 12.4. The number of nitrogens with one attached hydrogen (secondary N) is 1. The van der Waals surface area contributed by atoms with Crippen molar-refractivity contribution in [1.82, 2.24) is 5.32 Å². The van der Waals surface area contributed by atoms with Gasteiger partial charge in [0.15, 0.2) is 11.5 Å². The van der Waals surface area contributed by atoms with Gasteiger partial charge in [-0.05, 0) is 24.1 Å². The van der Waals surface area contributed by atoms with Crippen LogP contribution < -0.4 is 14.8 Å². The fourth-order valence-electron chi connectivity index (χ4n) is 3.32. The van der Waals surface area contributed by atoms with Crippen LogP contribution in [0.5, 0.6) is 11.5 Å². The quantitative estimate of drug-likeness (QED) is 0.678. The van der Waals surface area contributed by atoms with Crippen LogP contribution in [0, 0.1) is 0 Å². The third kappa shape index (κ3) is 2.07. The molecule has 2 heterocycles. The van der Waals surface area contributed by atoms with Crippen LogP contribution in [0.25, 0.3) is 0 Å². The van der Waals surface area contributed by atoms with E-state index in [2.05, 4.69) is 17.5 Å². The van der Waals surface area contributed by atoms with Gasteiger partial charge in [0.2, 0.25) is 6.79 Å². The molecule has 0 unspecified atom stereocenters. The number of hydrogen-bond acceptors (Lipinski definition) is 5. The SMILES string of the molecule is COCO[C@@H]1CC=C[C@@H]2c3cc4c(cc3C(=O)N[C@@H]21)OCO4. The van der Waals surface area contributed by atoms with E-state index in [-0.39, 0.29) is 37.6 Å². The van der Waals surface area contributed by atoms with E-state index in [0.717, 1.165) is 12.0 Å². The standard InChI is InChI=1S/C16H17NO5/c1-19-7-20-12-4-2-3-9-10-5-13-14(22-8-21-13)6-11(10)16(18)17-15(9)12/h2-3,5-6,9,12,15H,4,7-8H2,1H3,(H,17,18)/t9-,12-,15+/m1/s1. The number of carbonyl (C=O) groups is 1. The van der Waals surface area contributed by atoms with Crippen molar-refractivity contribution in [3.63, 3.8) is 0 Å². The maximum absolute atomic E-state index is 12.4. The van der Waals surface area contributed by atoms with E-state index in [9.17, 15) is 4.79 Å². The van der Waals surface area contributed by atoms with Crippen LogP contribution in [0.2, 0.25) is 0 Å². The number of benzene rings is 1. The van der Waals surface area contributed by atoms with E-state index < -0.39 is 0 Å². The zero-order valence-electron chi connectivity index (χ0n) is 12.2. The summed E-state index contributed by atoms with van der Waals surface area (Å²) >= 11 is 0. The predicted molar refractivity (Wildman–Crippen MR) is 77.1 cm³/mol. The number of methoxy groups -OCH3 is 1. The Morgan fingerprint density at radius 3 is 2.95 bits per heavy atom. The van der Waals surface area contributed by atoms with Gasteiger partial charge in [-0.25, -0.2) is 0 Å². The largest absolute Gasteiger partial charge is 0.454 e. The Bertz CT molecular complexity index is 642. The molecule has 0 saturated carbocycles. The topological polar surface area (TPSA) is 66.0 Å². The van der Waals surface area contributed by atoms with Gasteiger partial charge >= 0.3 is 0 Å². The monoisotopic (exact) mass is 303 g/mol. The highest BCUT2D eigenvalue weighted by Crippen LogP contribution is 2.42. The van der Waals surface area contributed by atoms with Crippen molar-refractivity contribution >= 4 is 5.91 Å². The number of amides is 1. The second-order valence-electron chi connectivity index (χ2n) is 5.59. The van der Waals surface area contributed by atoms with Crippen molar-refractivity contribution in [3.05, 3.63) is 35.4 Å². The van der Waals surface area contributed by atoms with Crippen LogP contribution in [0.4, 0.5) is 0 Å². The summed E-state index contributed by atoms with van der Waals surface area (Å²) in [5.41, 5.74) is 1.60. The molecule has 116 valence electrons. The first-order chi connectivity index (χ1) is 10.8. The molecule has 0 saturated heterocycles. The molecule has 6 nitrogen and oxygen atoms in total. The molecule has 3 atom stereocenters. The van der Waals surface area contributed by atoms with Crippen LogP contribution in [0.3, 0.4) is 0 Å². The second kappa shape index (κ2) is 5.30. The molecular formula is C16H17NO5. The van der Waals surface area contributed by atoms with E-state index in [1.165, 1.54) is 0 Å². The summed E-state index contributed by atoms with van der Waals surface area (Å²) < 4.78 is 21.5. The highest BCUT2D eigenvalue weighted by Gasteiger charge is 2.40. The molecule has 0 aromatic heterocycles. The van der Waals surface area contributed by atoms with E-state index in [4.69, 9.17) is 18.9 Å². The molecule has 6 heteroatoms. The zero-order chi connectivity index (χ0) is 15.1. The van der Waals surface area contributed by atoms with Crippen molar-refractivity contribution in [2.75, 3.05) is 20.7 Å². The summed E-state index contributed by atoms with van der Waals surface area (Å²) in [6.07, 6.45) is 4.87. The van der Waals surface area contributed by atoms with Crippen LogP contribution >= 0.6 is 0 Å². The molecule has 0 spiro atoms. The average Bonchev–Trinajstić information content (AvgIpc) is 2.99. The van der Waals surface area contributed by atoms with Crippen molar-refractivity contribution in [2.45, 2.75) is 24.5 Å². The molecular weight excluding hydrogens is 286 g/mol. The third-order valence-corrected chi connectivity index (χ3v) is 4.35. The normalized spacial score (nSPS) is 28.0. The average molecular weight is 303 g/mol. The third-order valence-electron chi connectivity index (χ3n) is 4.35. The van der Waals surface area contributed by atoms with Crippen LogP contribution in [-0.4, -0.2) is 38.7 Å². The molecule has 4 rings (SSSR count). The first-order valence-electron chi connectivity index (χ1n) is 7.29. The van der Waals surface area contributed by atoms with Crippen molar-refractivity contribution in [1.29, 1.82) is 0 Å². The Balaban J connectivity index is 1.72. The first-order valence-corrected chi connectivity index (χ1v) is 7.29. The van der Waals surface area contributed by atoms with Crippen LogP contribution in [-0.2, 0) is 9.47 Å². The van der Waals surface area contributed by atoms with Crippen molar-refractivity contribution < 1.29 is 23.7 Å². The number of ether oxygens (including phenoxy) is 4. The summed E-state index contributed by atoms with van der Waals surface area (Å²) in [4.78, 5) is 12.4. The van der Waals surface area contributed by atoms with Gasteiger partial charge in [0.1, 0.15) is 6.79 Å². The summed E-state index contributed by atoms with van der Waals surface area (Å²) in [5, 5.41) is 3.06. The van der Waals surface area contributed by atoms with Crippen molar-refractivity contribution in [3.8, 4) is 11.5 Å². The smallest absolute Gasteiger partial charge is 0.252 e. The Morgan fingerprint density at radius 2 is 2.14 bits per heavy atom. The molecule has 0 fully saturated rings. The molecule has 1 aromatic rings. The molecule has 22 heavy (non-hydrogen) atoms. The number of fused-ring (bicyclic) bond motifs is 4. The fraction of sp³-hybridized carbons (Fsp3) is 0.438. The fourth-order valence-corrected chi connectivity index (χ4v) is 3.32. The lowest BCUT2D eigenvalue weighted by Gasteiger charge is -2.39. The van der Waals surface area contributed by atoms with Gasteiger partial charge in [0, 0.05) is 18.6 Å². The molecule has 1 N–H and O–H groups in total. The zero-order valence-corrected chi connectivity index (χ0v) is 12.2. The summed E-state index contributed by atoms with van der Waals surface area (Å²) in [7, 11) is 1.59. The van der Waals surface area contributed by atoms with Gasteiger partial charge < -0.3 is 24.3 Å². The van der Waals surface area contributed by atoms with Gasteiger partial charge in [-0.3, -0.25) is 4.79 Å². The van der Waals surface area contributed by atoms with Gasteiger partial charge in [-0.1, -0.05) is 12.2 Å². The molecule has 1 amide bonds. The number of rotatable bonds is 3. The summed E-state index contributed by atoms with van der Waals surface area (Å²) in [5.74, 6) is 1.29. The minimum absolute atomic E-state index is 0.0674. The maximum Gasteiger partial charge on any atom is 0.252 e. The summed E-state index contributed by atoms with van der Waals surface area (Å²) in [6, 6.07) is 3.58. The highest BCUT2D eigenvalue weighted by molar-refractivity contribution is 5.98. The molecule has 1 aliphatic carbocycles. The second-order valence-corrected chi connectivity index (χ2v) is 5.59. The van der Waals surface area contributed by atoms with Gasteiger partial charge in [-0.2, -0.15) is 0 Å². The molecule has 2 aliphatic heterocycles. The lowest BCUT2D eigenvalue weighted by atomic mass is 9.78. The highest BCUT2D eigenvalue weighted by atomic mass is 16.7. The van der Waals surface area contributed by atoms with Crippen molar-refractivity contribution in [2.24, 2.45) is 0 Å². The molecule has 0 radical (unpaired) electrons. The predicted octanol–water partition coefficient (Wildman–Crippen LogP) is 1.56. The molecule has 1 aromatic carbocycles. The van der Waals surface area contributed by atoms with Gasteiger partial charge in [0.05, 0.1) is 12.1 Å². The molecule has 3 aliphatic rings. The van der Waals surface area contributed by atoms with E-state index in [1.54, 1.807) is 13.2 Å². The van der Waals surface area contributed by atoms with E-state index in [1.807, 2.05) is 6.07 Å². The number of hydrogen-bond donors (Lipinski definition) is 1. The Kier molecular flexibility index (Phi) is 3.28. The van der Waals surface area contributed by atoms with Crippen LogP contribution in [0.15, 0.2) is 24.3 Å². The minimum atomic E-state index is -0.101. The Hall–Kier alpha value is -2.05. The minimum Gasteiger partial charge on any atom is -0.454 e. The Morgan fingerprint density at radius 1 is 1.32 bits per heavy atom. The van der Waals surface area contributed by atoms with Crippen LogP contribution in [0.1, 0.15) is 28.3 Å². The van der Waals surface area contributed by atoms with E-state index in [0.29, 0.717) is 17.1 Å². The lowest BCUT2D eigenvalue weighted by molar-refractivity contribution is -0.0845. The summed E-state index contributed by atoms with van der Waals surface area (Å²) in [6.45, 7) is 0.412. The van der Waals surface area contributed by atoms with Gasteiger partial charge in [0.25, 0.3) is 5.91 Å². The van der Waals surface area contributed by atoms with E-state index >= 15 is 0 Å². The number of carbonyl (C=O) groups excluding carboxylic acids is 1. The molecule has 0 bridgehead atoms. The van der Waals surface area contributed by atoms with Gasteiger partial charge in [-0.15, -0.1) is 0 Å². The first kappa shape index (κ1) is 13.6.